The fourth-order valence-corrected chi connectivity index (χ4v) is 2.80. The van der Waals surface area contributed by atoms with Crippen LogP contribution >= 0.6 is 0 Å². The molecular weight excluding hydrogens is 192 g/mol. The number of carboxylic acid groups (broad SMARTS) is 1. The average molecular weight is 212 g/mol. The molecule has 0 aromatic heterocycles. The normalized spacial score (nSPS) is 34.5. The van der Waals surface area contributed by atoms with Gasteiger partial charge >= 0.3 is 5.97 Å². The van der Waals surface area contributed by atoms with Crippen molar-refractivity contribution in [1.29, 1.82) is 0 Å². The maximum absolute atomic E-state index is 11.0. The van der Waals surface area contributed by atoms with E-state index in [4.69, 9.17) is 10.8 Å². The van der Waals surface area contributed by atoms with Crippen LogP contribution < -0.4 is 5.73 Å². The third-order valence-electron chi connectivity index (χ3n) is 3.85. The van der Waals surface area contributed by atoms with Crippen molar-refractivity contribution in [3.63, 3.8) is 0 Å². The summed E-state index contributed by atoms with van der Waals surface area (Å²) in [5.74, 6) is -0.846. The van der Waals surface area contributed by atoms with Crippen molar-refractivity contribution in [2.75, 3.05) is 13.1 Å². The van der Waals surface area contributed by atoms with Crippen molar-refractivity contribution in [2.45, 2.75) is 50.1 Å². The monoisotopic (exact) mass is 212 g/mol. The molecule has 2 aliphatic rings. The summed E-state index contributed by atoms with van der Waals surface area (Å²) in [4.78, 5) is 13.3. The van der Waals surface area contributed by atoms with Gasteiger partial charge in [0.2, 0.25) is 0 Å². The second-order valence-electron chi connectivity index (χ2n) is 4.97. The van der Waals surface area contributed by atoms with Crippen LogP contribution in [0.25, 0.3) is 0 Å². The first-order valence-corrected chi connectivity index (χ1v) is 5.88. The van der Waals surface area contributed by atoms with E-state index in [1.807, 2.05) is 0 Å². The van der Waals surface area contributed by atoms with E-state index < -0.39 is 11.5 Å². The number of nitrogens with zero attached hydrogens (tertiary/aromatic N) is 1. The molecule has 2 fully saturated rings. The lowest BCUT2D eigenvalue weighted by Crippen LogP contribution is -2.51. The molecule has 1 unspecified atom stereocenters. The van der Waals surface area contributed by atoms with E-state index >= 15 is 0 Å². The van der Waals surface area contributed by atoms with Crippen LogP contribution in [0.15, 0.2) is 0 Å². The van der Waals surface area contributed by atoms with Crippen LogP contribution in [-0.2, 0) is 4.79 Å². The van der Waals surface area contributed by atoms with Crippen LogP contribution in [0.3, 0.4) is 0 Å². The molecule has 0 amide bonds. The minimum Gasteiger partial charge on any atom is -0.480 e. The predicted octanol–water partition coefficient (Wildman–Crippen LogP) is 0.807. The number of likely N-dealkylation sites (tertiary alicyclic amines) is 1. The second kappa shape index (κ2) is 4.10. The Balaban J connectivity index is 1.94. The first-order valence-electron chi connectivity index (χ1n) is 5.88. The summed E-state index contributed by atoms with van der Waals surface area (Å²) >= 11 is 0. The molecule has 1 heterocycles. The summed E-state index contributed by atoms with van der Waals surface area (Å²) in [7, 11) is 0. The van der Waals surface area contributed by atoms with Gasteiger partial charge in [-0.1, -0.05) is 19.3 Å². The molecule has 3 N–H and O–H groups in total. The molecule has 1 aliphatic heterocycles. The van der Waals surface area contributed by atoms with E-state index in [-0.39, 0.29) is 0 Å². The molecule has 4 heteroatoms. The highest BCUT2D eigenvalue weighted by Gasteiger charge is 2.43. The van der Waals surface area contributed by atoms with E-state index in [1.165, 1.54) is 32.1 Å². The molecule has 1 saturated heterocycles. The fourth-order valence-electron chi connectivity index (χ4n) is 2.80. The number of hydrogen-bond donors (Lipinski definition) is 2. The molecule has 0 radical (unpaired) electrons. The van der Waals surface area contributed by atoms with Crippen molar-refractivity contribution in [3.05, 3.63) is 0 Å². The van der Waals surface area contributed by atoms with Gasteiger partial charge in [0.05, 0.1) is 0 Å². The summed E-state index contributed by atoms with van der Waals surface area (Å²) in [6.45, 7) is 1.39. The van der Waals surface area contributed by atoms with Crippen molar-refractivity contribution in [3.8, 4) is 0 Å². The van der Waals surface area contributed by atoms with Gasteiger partial charge in [0, 0.05) is 19.1 Å². The van der Waals surface area contributed by atoms with Crippen LogP contribution in [0, 0.1) is 0 Å². The Labute approximate surface area is 90.4 Å². The van der Waals surface area contributed by atoms with E-state index in [9.17, 15) is 4.79 Å². The Hall–Kier alpha value is -0.610. The molecule has 0 aromatic carbocycles. The minimum atomic E-state index is -0.989. The van der Waals surface area contributed by atoms with Gasteiger partial charge in [0.15, 0.2) is 0 Å². The van der Waals surface area contributed by atoms with Crippen molar-refractivity contribution < 1.29 is 9.90 Å². The van der Waals surface area contributed by atoms with Crippen LogP contribution in [0.2, 0.25) is 0 Å². The van der Waals surface area contributed by atoms with E-state index in [0.717, 1.165) is 6.54 Å². The van der Waals surface area contributed by atoms with Gasteiger partial charge in [0.1, 0.15) is 5.54 Å². The third kappa shape index (κ3) is 2.16. The standard InChI is InChI=1S/C11H20N2O2/c12-11(10(14)15)6-7-13(8-11)9-4-2-1-3-5-9/h9H,1-8,12H2,(H,14,15). The van der Waals surface area contributed by atoms with Gasteiger partial charge in [-0.05, 0) is 19.3 Å². The van der Waals surface area contributed by atoms with Gasteiger partial charge in [-0.25, -0.2) is 0 Å². The molecule has 2 rings (SSSR count). The van der Waals surface area contributed by atoms with Crippen molar-refractivity contribution in [2.24, 2.45) is 5.73 Å². The zero-order valence-electron chi connectivity index (χ0n) is 9.11. The van der Waals surface area contributed by atoms with Gasteiger partial charge in [-0.3, -0.25) is 9.69 Å². The fraction of sp³-hybridized carbons (Fsp3) is 0.909. The Morgan fingerprint density at radius 2 is 2.00 bits per heavy atom. The molecule has 0 bridgehead atoms. The average Bonchev–Trinajstić information content (AvgIpc) is 2.64. The lowest BCUT2D eigenvalue weighted by atomic mass is 9.94. The van der Waals surface area contributed by atoms with Crippen LogP contribution in [0.1, 0.15) is 38.5 Å². The summed E-state index contributed by atoms with van der Waals surface area (Å²) in [5.41, 5.74) is 4.87. The highest BCUT2D eigenvalue weighted by atomic mass is 16.4. The maximum Gasteiger partial charge on any atom is 0.325 e. The lowest BCUT2D eigenvalue weighted by molar-refractivity contribution is -0.142. The maximum atomic E-state index is 11.0. The zero-order valence-corrected chi connectivity index (χ0v) is 9.11. The molecule has 0 spiro atoms. The largest absolute Gasteiger partial charge is 0.480 e. The molecule has 15 heavy (non-hydrogen) atoms. The number of carbonyl (C=O) groups is 1. The molecule has 1 aliphatic carbocycles. The Kier molecular flexibility index (Phi) is 2.98. The Morgan fingerprint density at radius 3 is 2.53 bits per heavy atom. The quantitative estimate of drug-likeness (QED) is 0.710. The lowest BCUT2D eigenvalue weighted by Gasteiger charge is -2.31. The molecule has 4 nitrogen and oxygen atoms in total. The van der Waals surface area contributed by atoms with Gasteiger partial charge in [-0.2, -0.15) is 0 Å². The number of carboxylic acids is 1. The summed E-state index contributed by atoms with van der Waals surface area (Å²) in [6.07, 6.45) is 6.93. The van der Waals surface area contributed by atoms with E-state index in [2.05, 4.69) is 4.90 Å². The predicted molar refractivity (Wildman–Crippen MR) is 57.6 cm³/mol. The second-order valence-corrected chi connectivity index (χ2v) is 4.97. The summed E-state index contributed by atoms with van der Waals surface area (Å²) in [5, 5.41) is 9.04. The first-order chi connectivity index (χ1) is 7.12. The summed E-state index contributed by atoms with van der Waals surface area (Å²) in [6, 6.07) is 0.587. The third-order valence-corrected chi connectivity index (χ3v) is 3.85. The van der Waals surface area contributed by atoms with Crippen molar-refractivity contribution in [1.82, 2.24) is 4.90 Å². The van der Waals surface area contributed by atoms with Gasteiger partial charge < -0.3 is 10.8 Å². The minimum absolute atomic E-state index is 0.535. The van der Waals surface area contributed by atoms with Gasteiger partial charge in [0.25, 0.3) is 0 Å². The highest BCUT2D eigenvalue weighted by Crippen LogP contribution is 2.28. The number of hydrogen-bond acceptors (Lipinski definition) is 3. The SMILES string of the molecule is NC1(C(=O)O)CCN(C2CCCCC2)C1. The topological polar surface area (TPSA) is 66.6 Å². The molecule has 1 saturated carbocycles. The van der Waals surface area contributed by atoms with Crippen LogP contribution in [0.5, 0.6) is 0 Å². The van der Waals surface area contributed by atoms with Gasteiger partial charge in [-0.15, -0.1) is 0 Å². The van der Waals surface area contributed by atoms with Crippen molar-refractivity contribution >= 4 is 5.97 Å². The number of rotatable bonds is 2. The van der Waals surface area contributed by atoms with E-state index in [0.29, 0.717) is 19.0 Å². The smallest absolute Gasteiger partial charge is 0.325 e. The van der Waals surface area contributed by atoms with E-state index in [1.54, 1.807) is 0 Å². The Morgan fingerprint density at radius 1 is 1.33 bits per heavy atom. The zero-order chi connectivity index (χ0) is 10.9. The first kappa shape index (κ1) is 10.9. The molecule has 86 valence electrons. The highest BCUT2D eigenvalue weighted by molar-refractivity contribution is 5.79. The summed E-state index contributed by atoms with van der Waals surface area (Å²) < 4.78 is 0. The number of aliphatic carboxylic acids is 1. The Bertz CT molecular complexity index is 251. The number of nitrogens with two attached hydrogens (primary N) is 1. The molecular formula is C11H20N2O2. The molecule has 1 atom stereocenters. The molecule has 0 aromatic rings. The van der Waals surface area contributed by atoms with Crippen LogP contribution in [0.4, 0.5) is 0 Å². The van der Waals surface area contributed by atoms with Crippen LogP contribution in [-0.4, -0.2) is 40.6 Å².